The van der Waals surface area contributed by atoms with E-state index in [2.05, 4.69) is 10.2 Å². The summed E-state index contributed by atoms with van der Waals surface area (Å²) in [6.45, 7) is 7.04. The molecule has 0 spiro atoms. The van der Waals surface area contributed by atoms with Gasteiger partial charge in [0.2, 0.25) is 5.91 Å². The van der Waals surface area contributed by atoms with Crippen LogP contribution >= 0.6 is 0 Å². The Labute approximate surface area is 132 Å². The first kappa shape index (κ1) is 15.3. The highest BCUT2D eigenvalue weighted by molar-refractivity contribution is 5.79. The molecule has 2 saturated heterocycles. The minimum Gasteiger partial charge on any atom is -0.492 e. The number of amides is 1. The molecular weight excluding hydrogens is 278 g/mol. The number of ether oxygens (including phenoxy) is 1. The van der Waals surface area contributed by atoms with Crippen molar-refractivity contribution < 1.29 is 9.53 Å². The van der Waals surface area contributed by atoms with Crippen LogP contribution in [0.3, 0.4) is 0 Å². The summed E-state index contributed by atoms with van der Waals surface area (Å²) < 4.78 is 5.73. The van der Waals surface area contributed by atoms with Crippen molar-refractivity contribution in [2.45, 2.75) is 6.42 Å². The molecule has 0 aromatic heterocycles. The van der Waals surface area contributed by atoms with Crippen LogP contribution in [0, 0.1) is 5.92 Å². The van der Waals surface area contributed by atoms with Crippen LogP contribution in [0.4, 0.5) is 0 Å². The van der Waals surface area contributed by atoms with Gasteiger partial charge in [-0.3, -0.25) is 9.69 Å². The van der Waals surface area contributed by atoms with E-state index in [1.165, 1.54) is 0 Å². The Hall–Kier alpha value is -1.59. The SMILES string of the molecule is O=C(C1CCNC1)N1CCN(CCOc2ccccc2)CC1. The van der Waals surface area contributed by atoms with Gasteiger partial charge in [0.05, 0.1) is 5.92 Å². The fourth-order valence-electron chi connectivity index (χ4n) is 3.12. The first-order valence-corrected chi connectivity index (χ1v) is 8.22. The maximum absolute atomic E-state index is 12.3. The summed E-state index contributed by atoms with van der Waals surface area (Å²) in [5, 5.41) is 3.27. The van der Waals surface area contributed by atoms with E-state index in [9.17, 15) is 4.79 Å². The van der Waals surface area contributed by atoms with Gasteiger partial charge in [0.15, 0.2) is 0 Å². The second kappa shape index (κ2) is 7.61. The molecule has 0 saturated carbocycles. The van der Waals surface area contributed by atoms with Crippen molar-refractivity contribution in [1.82, 2.24) is 15.1 Å². The first-order chi connectivity index (χ1) is 10.8. The molecule has 2 aliphatic rings. The zero-order valence-electron chi connectivity index (χ0n) is 13.0. The first-order valence-electron chi connectivity index (χ1n) is 8.22. The lowest BCUT2D eigenvalue weighted by molar-refractivity contribution is -0.136. The number of carbonyl (C=O) groups is 1. The van der Waals surface area contributed by atoms with E-state index in [4.69, 9.17) is 4.74 Å². The van der Waals surface area contributed by atoms with Gasteiger partial charge in [0.1, 0.15) is 12.4 Å². The van der Waals surface area contributed by atoms with Crippen molar-refractivity contribution in [2.75, 3.05) is 52.4 Å². The predicted molar refractivity (Wildman–Crippen MR) is 85.9 cm³/mol. The highest BCUT2D eigenvalue weighted by Gasteiger charge is 2.29. The van der Waals surface area contributed by atoms with Crippen molar-refractivity contribution in [1.29, 1.82) is 0 Å². The molecule has 0 radical (unpaired) electrons. The number of nitrogens with one attached hydrogen (secondary N) is 1. The van der Waals surface area contributed by atoms with Crippen LogP contribution in [0.15, 0.2) is 30.3 Å². The van der Waals surface area contributed by atoms with E-state index in [0.717, 1.165) is 58.0 Å². The predicted octanol–water partition coefficient (Wildman–Crippen LogP) is 0.819. The number of benzene rings is 1. The number of para-hydroxylation sites is 1. The monoisotopic (exact) mass is 303 g/mol. The zero-order valence-corrected chi connectivity index (χ0v) is 13.0. The highest BCUT2D eigenvalue weighted by atomic mass is 16.5. The minimum absolute atomic E-state index is 0.202. The molecule has 2 heterocycles. The third-order valence-corrected chi connectivity index (χ3v) is 4.51. The smallest absolute Gasteiger partial charge is 0.227 e. The van der Waals surface area contributed by atoms with E-state index in [0.29, 0.717) is 12.5 Å². The zero-order chi connectivity index (χ0) is 15.2. The van der Waals surface area contributed by atoms with Gasteiger partial charge in [-0.1, -0.05) is 18.2 Å². The van der Waals surface area contributed by atoms with E-state index >= 15 is 0 Å². The largest absolute Gasteiger partial charge is 0.492 e. The van der Waals surface area contributed by atoms with Crippen LogP contribution in [0.1, 0.15) is 6.42 Å². The van der Waals surface area contributed by atoms with Gasteiger partial charge in [-0.25, -0.2) is 0 Å². The summed E-state index contributed by atoms with van der Waals surface area (Å²) in [6, 6.07) is 9.91. The second-order valence-electron chi connectivity index (χ2n) is 6.02. The van der Waals surface area contributed by atoms with E-state index < -0.39 is 0 Å². The van der Waals surface area contributed by atoms with Crippen LogP contribution in [0.25, 0.3) is 0 Å². The molecule has 1 N–H and O–H groups in total. The van der Waals surface area contributed by atoms with Gasteiger partial charge in [-0.2, -0.15) is 0 Å². The summed E-state index contributed by atoms with van der Waals surface area (Å²) in [4.78, 5) is 16.8. The quantitative estimate of drug-likeness (QED) is 0.875. The van der Waals surface area contributed by atoms with Crippen LogP contribution in [-0.4, -0.2) is 68.1 Å². The van der Waals surface area contributed by atoms with Gasteiger partial charge in [0, 0.05) is 39.3 Å². The number of carbonyl (C=O) groups excluding carboxylic acids is 1. The Balaban J connectivity index is 1.36. The van der Waals surface area contributed by atoms with E-state index in [1.54, 1.807) is 0 Å². The Morgan fingerprint density at radius 3 is 2.64 bits per heavy atom. The lowest BCUT2D eigenvalue weighted by Crippen LogP contribution is -2.51. The molecule has 3 rings (SSSR count). The second-order valence-corrected chi connectivity index (χ2v) is 6.02. The summed E-state index contributed by atoms with van der Waals surface area (Å²) in [5.74, 6) is 1.46. The molecule has 22 heavy (non-hydrogen) atoms. The molecule has 2 aliphatic heterocycles. The van der Waals surface area contributed by atoms with E-state index in [-0.39, 0.29) is 5.92 Å². The van der Waals surface area contributed by atoms with Crippen LogP contribution in [0.2, 0.25) is 0 Å². The maximum Gasteiger partial charge on any atom is 0.227 e. The Bertz CT molecular complexity index is 466. The molecule has 0 bridgehead atoms. The molecule has 1 unspecified atom stereocenters. The van der Waals surface area contributed by atoms with Gasteiger partial charge in [0.25, 0.3) is 0 Å². The Morgan fingerprint density at radius 2 is 1.95 bits per heavy atom. The van der Waals surface area contributed by atoms with Crippen molar-refractivity contribution in [3.05, 3.63) is 30.3 Å². The van der Waals surface area contributed by atoms with Crippen molar-refractivity contribution in [2.24, 2.45) is 5.92 Å². The number of piperazine rings is 1. The summed E-state index contributed by atoms with van der Waals surface area (Å²) in [7, 11) is 0. The minimum atomic E-state index is 0.202. The van der Waals surface area contributed by atoms with Crippen molar-refractivity contribution in [3.8, 4) is 5.75 Å². The Morgan fingerprint density at radius 1 is 1.18 bits per heavy atom. The summed E-state index contributed by atoms with van der Waals surface area (Å²) in [5.41, 5.74) is 0. The standard InChI is InChI=1S/C17H25N3O2/c21-17(15-6-7-18-14-15)20-10-8-19(9-11-20)12-13-22-16-4-2-1-3-5-16/h1-5,15,18H,6-14H2. The molecule has 1 aromatic rings. The molecule has 120 valence electrons. The Kier molecular flexibility index (Phi) is 5.29. The van der Waals surface area contributed by atoms with Crippen LogP contribution < -0.4 is 10.1 Å². The molecule has 1 atom stereocenters. The molecule has 0 aliphatic carbocycles. The van der Waals surface area contributed by atoms with Crippen molar-refractivity contribution in [3.63, 3.8) is 0 Å². The normalized spacial score (nSPS) is 22.7. The van der Waals surface area contributed by atoms with Crippen LogP contribution in [-0.2, 0) is 4.79 Å². The summed E-state index contributed by atoms with van der Waals surface area (Å²) >= 11 is 0. The lowest BCUT2D eigenvalue weighted by Gasteiger charge is -2.35. The molecule has 1 amide bonds. The topological polar surface area (TPSA) is 44.8 Å². The molecule has 1 aromatic carbocycles. The summed E-state index contributed by atoms with van der Waals surface area (Å²) in [6.07, 6.45) is 0.990. The fourth-order valence-corrected chi connectivity index (χ4v) is 3.12. The number of hydrogen-bond donors (Lipinski definition) is 1. The van der Waals surface area contributed by atoms with Crippen LogP contribution in [0.5, 0.6) is 5.75 Å². The maximum atomic E-state index is 12.3. The van der Waals surface area contributed by atoms with Gasteiger partial charge in [-0.05, 0) is 25.1 Å². The number of hydrogen-bond acceptors (Lipinski definition) is 4. The van der Waals surface area contributed by atoms with Gasteiger partial charge < -0.3 is 15.0 Å². The average Bonchev–Trinajstić information content (AvgIpc) is 3.10. The third kappa shape index (κ3) is 3.99. The number of rotatable bonds is 5. The molecule has 5 nitrogen and oxygen atoms in total. The van der Waals surface area contributed by atoms with Gasteiger partial charge >= 0.3 is 0 Å². The average molecular weight is 303 g/mol. The highest BCUT2D eigenvalue weighted by Crippen LogP contribution is 2.14. The lowest BCUT2D eigenvalue weighted by atomic mass is 10.1. The van der Waals surface area contributed by atoms with Crippen molar-refractivity contribution >= 4 is 5.91 Å². The molecule has 2 fully saturated rings. The molecule has 5 heteroatoms. The molecular formula is C17H25N3O2. The fraction of sp³-hybridized carbons (Fsp3) is 0.588. The van der Waals surface area contributed by atoms with Gasteiger partial charge in [-0.15, -0.1) is 0 Å². The third-order valence-electron chi connectivity index (χ3n) is 4.51. The number of nitrogens with zero attached hydrogens (tertiary/aromatic N) is 2. The van der Waals surface area contributed by atoms with E-state index in [1.807, 2.05) is 35.2 Å².